The van der Waals surface area contributed by atoms with Gasteiger partial charge in [-0.15, -0.1) is 5.10 Å². The number of hydrogen-bond acceptors (Lipinski definition) is 5. The first-order valence-corrected chi connectivity index (χ1v) is 10.0. The zero-order chi connectivity index (χ0) is 22.0. The highest BCUT2D eigenvalue weighted by Gasteiger charge is 2.24. The Morgan fingerprint density at radius 1 is 1.19 bits per heavy atom. The average molecular weight is 414 g/mol. The highest BCUT2D eigenvalue weighted by atomic mass is 16.5. The minimum atomic E-state index is 0.636. The number of para-hydroxylation sites is 2. The van der Waals surface area contributed by atoms with Gasteiger partial charge in [-0.2, -0.15) is 15.1 Å². The highest BCUT2D eigenvalue weighted by molar-refractivity contribution is 5.85. The topological polar surface area (TPSA) is 86.5 Å². The van der Waals surface area contributed by atoms with Gasteiger partial charge in [-0.05, 0) is 49.2 Å². The number of pyridine rings is 1. The maximum Gasteiger partial charge on any atom is 0.253 e. The van der Waals surface area contributed by atoms with Gasteiger partial charge in [0, 0.05) is 11.1 Å². The molecule has 0 saturated heterocycles. The van der Waals surface area contributed by atoms with Crippen molar-refractivity contribution in [2.75, 3.05) is 19.6 Å². The fourth-order valence-corrected chi connectivity index (χ4v) is 3.92. The molecular formula is C24H24N5O2+. The number of rotatable bonds is 6. The minimum absolute atomic E-state index is 0.636. The van der Waals surface area contributed by atoms with E-state index in [1.165, 1.54) is 0 Å². The Kier molecular flexibility index (Phi) is 5.46. The molecule has 2 N–H and O–H groups in total. The van der Waals surface area contributed by atoms with E-state index in [0.717, 1.165) is 51.4 Å². The molecular weight excluding hydrogens is 390 g/mol. The van der Waals surface area contributed by atoms with Gasteiger partial charge in [0.05, 0.1) is 20.4 Å². The Labute approximate surface area is 180 Å². The number of ether oxygens (including phenoxy) is 2. The molecule has 0 unspecified atom stereocenters. The van der Waals surface area contributed by atoms with Crippen LogP contribution in [0.25, 0.3) is 16.7 Å². The van der Waals surface area contributed by atoms with Gasteiger partial charge in [0.1, 0.15) is 34.2 Å². The predicted molar refractivity (Wildman–Crippen MR) is 121 cm³/mol. The summed E-state index contributed by atoms with van der Waals surface area (Å²) in [5.74, 6) is 2.24. The molecule has 0 aliphatic rings. The van der Waals surface area contributed by atoms with Crippen molar-refractivity contribution in [2.45, 2.75) is 20.3 Å². The number of aromatic nitrogens is 2. The van der Waals surface area contributed by atoms with Crippen LogP contribution >= 0.6 is 0 Å². The molecule has 0 atom stereocenters. The summed E-state index contributed by atoms with van der Waals surface area (Å²) in [7, 11) is 3.25. The van der Waals surface area contributed by atoms with Crippen LogP contribution in [0, 0.1) is 18.3 Å². The number of anilines is 1. The number of nitrogens with one attached hydrogen (secondary N) is 2. The number of hydrogen-bond donors (Lipinski definition) is 2. The van der Waals surface area contributed by atoms with E-state index in [-0.39, 0.29) is 0 Å². The van der Waals surface area contributed by atoms with E-state index in [0.29, 0.717) is 11.3 Å². The molecule has 2 aromatic heterocycles. The number of benzene rings is 2. The lowest BCUT2D eigenvalue weighted by atomic mass is 10.0. The molecule has 7 nitrogen and oxygen atoms in total. The van der Waals surface area contributed by atoms with E-state index in [9.17, 15) is 5.26 Å². The standard InChI is InChI=1S/C24H23N5O2/c1-5-18-15(2)19(13-25)23-27-20-8-6-7-9-21(20)29(23)24(18)28-26-14-16-12-17(30-3)10-11-22(16)31-4/h6-12,14H,5H2,1-4H3,(H,27,28)/p+1. The second-order valence-corrected chi connectivity index (χ2v) is 7.10. The number of fused-ring (bicyclic) bond motifs is 3. The van der Waals surface area contributed by atoms with Gasteiger partial charge < -0.3 is 9.47 Å². The molecule has 31 heavy (non-hydrogen) atoms. The third-order valence-corrected chi connectivity index (χ3v) is 5.47. The number of nitriles is 1. The first-order valence-electron chi connectivity index (χ1n) is 10.0. The number of aromatic amines is 1. The molecule has 156 valence electrons. The minimum Gasteiger partial charge on any atom is -0.497 e. The van der Waals surface area contributed by atoms with E-state index >= 15 is 0 Å². The number of imidazole rings is 1. The van der Waals surface area contributed by atoms with Gasteiger partial charge in [0.25, 0.3) is 5.82 Å². The molecule has 0 fully saturated rings. The second-order valence-electron chi connectivity index (χ2n) is 7.10. The lowest BCUT2D eigenvalue weighted by Gasteiger charge is -2.10. The van der Waals surface area contributed by atoms with Crippen LogP contribution in [0.4, 0.5) is 5.82 Å². The van der Waals surface area contributed by atoms with E-state index in [1.807, 2.05) is 53.8 Å². The molecule has 0 aliphatic heterocycles. The van der Waals surface area contributed by atoms with Gasteiger partial charge in [0.2, 0.25) is 5.65 Å². The van der Waals surface area contributed by atoms with Crippen LogP contribution in [-0.4, -0.2) is 25.4 Å². The van der Waals surface area contributed by atoms with Crippen LogP contribution in [0.2, 0.25) is 0 Å². The molecule has 2 heterocycles. The number of H-pyrrole nitrogens is 1. The summed E-state index contributed by atoms with van der Waals surface area (Å²) in [4.78, 5) is 3.38. The summed E-state index contributed by atoms with van der Waals surface area (Å²) < 4.78 is 12.8. The first-order chi connectivity index (χ1) is 15.1. The van der Waals surface area contributed by atoms with Gasteiger partial charge in [0.15, 0.2) is 0 Å². The third-order valence-electron chi connectivity index (χ3n) is 5.47. The molecule has 4 rings (SSSR count). The Morgan fingerprint density at radius 3 is 2.71 bits per heavy atom. The van der Waals surface area contributed by atoms with Crippen LogP contribution in [0.15, 0.2) is 47.6 Å². The predicted octanol–water partition coefficient (Wildman–Crippen LogP) is 4.11. The molecule has 0 radical (unpaired) electrons. The lowest BCUT2D eigenvalue weighted by Crippen LogP contribution is -2.28. The van der Waals surface area contributed by atoms with Crippen molar-refractivity contribution in [3.8, 4) is 17.6 Å². The van der Waals surface area contributed by atoms with Crippen molar-refractivity contribution in [2.24, 2.45) is 5.10 Å². The number of methoxy groups -OCH3 is 2. The number of hydrazone groups is 1. The smallest absolute Gasteiger partial charge is 0.253 e. The highest BCUT2D eigenvalue weighted by Crippen LogP contribution is 2.26. The molecule has 0 saturated carbocycles. The quantitative estimate of drug-likeness (QED) is 0.282. The van der Waals surface area contributed by atoms with Crippen molar-refractivity contribution >= 4 is 28.7 Å². The zero-order valence-corrected chi connectivity index (χ0v) is 18.0. The van der Waals surface area contributed by atoms with Crippen LogP contribution in [0.3, 0.4) is 0 Å². The Hall–Kier alpha value is -4.05. The summed E-state index contributed by atoms with van der Waals surface area (Å²) in [6.45, 7) is 4.05. The summed E-state index contributed by atoms with van der Waals surface area (Å²) in [6.07, 6.45) is 2.46. The van der Waals surface area contributed by atoms with E-state index in [1.54, 1.807) is 20.4 Å². The third kappa shape index (κ3) is 3.42. The van der Waals surface area contributed by atoms with Gasteiger partial charge in [-0.3, -0.25) is 4.98 Å². The molecule has 7 heteroatoms. The van der Waals surface area contributed by atoms with E-state index in [2.05, 4.69) is 28.5 Å². The summed E-state index contributed by atoms with van der Waals surface area (Å²) >= 11 is 0. The van der Waals surface area contributed by atoms with Gasteiger partial charge in [-0.1, -0.05) is 19.1 Å². The van der Waals surface area contributed by atoms with Crippen molar-refractivity contribution in [1.82, 2.24) is 4.98 Å². The average Bonchev–Trinajstić information content (AvgIpc) is 3.18. The van der Waals surface area contributed by atoms with Crippen LogP contribution < -0.4 is 19.3 Å². The van der Waals surface area contributed by atoms with E-state index in [4.69, 9.17) is 9.47 Å². The summed E-state index contributed by atoms with van der Waals surface area (Å²) in [5, 5.41) is 14.3. The van der Waals surface area contributed by atoms with Crippen molar-refractivity contribution in [3.63, 3.8) is 0 Å². The monoisotopic (exact) mass is 414 g/mol. The van der Waals surface area contributed by atoms with Crippen LogP contribution in [-0.2, 0) is 6.42 Å². The van der Waals surface area contributed by atoms with Crippen molar-refractivity contribution < 1.29 is 13.9 Å². The maximum absolute atomic E-state index is 9.83. The Bertz CT molecular complexity index is 1350. The molecule has 2 aromatic carbocycles. The molecule has 0 aliphatic carbocycles. The second kappa shape index (κ2) is 8.36. The SMILES string of the molecule is CCc1c(C)c(C#N)c2[nH]c3ccccc3[n+]2c1NN=Cc1cc(OC)ccc1OC. The van der Waals surface area contributed by atoms with Crippen molar-refractivity contribution in [1.29, 1.82) is 5.26 Å². The molecule has 0 amide bonds. The van der Waals surface area contributed by atoms with Crippen LogP contribution in [0.1, 0.15) is 29.2 Å². The maximum atomic E-state index is 9.83. The van der Waals surface area contributed by atoms with Crippen molar-refractivity contribution in [3.05, 3.63) is 64.7 Å². The summed E-state index contributed by atoms with van der Waals surface area (Å²) in [6, 6.07) is 15.9. The van der Waals surface area contributed by atoms with E-state index < -0.39 is 0 Å². The fraction of sp³-hybridized carbons (Fsp3) is 0.208. The Morgan fingerprint density at radius 2 is 2.00 bits per heavy atom. The first kappa shape index (κ1) is 20.2. The fourth-order valence-electron chi connectivity index (χ4n) is 3.92. The van der Waals surface area contributed by atoms with Gasteiger partial charge in [-0.25, -0.2) is 0 Å². The van der Waals surface area contributed by atoms with Crippen LogP contribution in [0.5, 0.6) is 11.5 Å². The summed E-state index contributed by atoms with van der Waals surface area (Å²) in [5.41, 5.74) is 9.29. The number of nitrogens with zero attached hydrogens (tertiary/aromatic N) is 3. The molecule has 4 aromatic rings. The zero-order valence-electron chi connectivity index (χ0n) is 18.0. The lowest BCUT2D eigenvalue weighted by molar-refractivity contribution is -0.465. The Balaban J connectivity index is 1.88. The largest absolute Gasteiger partial charge is 0.497 e. The molecule has 0 spiro atoms. The molecule has 0 bridgehead atoms. The normalized spacial score (nSPS) is 11.2. The van der Waals surface area contributed by atoms with Gasteiger partial charge >= 0.3 is 0 Å².